The normalized spacial score (nSPS) is 10.6. The van der Waals surface area contributed by atoms with Crippen molar-refractivity contribution < 1.29 is 21.1 Å². The van der Waals surface area contributed by atoms with Gasteiger partial charge >= 0.3 is 0 Å². The van der Waals surface area contributed by atoms with Crippen LogP contribution in [-0.2, 0) is 21.1 Å². The summed E-state index contributed by atoms with van der Waals surface area (Å²) in [7, 11) is 0. The molecule has 174 valence electrons. The fourth-order valence-corrected chi connectivity index (χ4v) is 3.68. The van der Waals surface area contributed by atoms with E-state index in [1.165, 1.54) is 0 Å². The van der Waals surface area contributed by atoms with Crippen LogP contribution >= 0.6 is 0 Å². The summed E-state index contributed by atoms with van der Waals surface area (Å²) < 4.78 is 3.74. The molecule has 35 heavy (non-hydrogen) atoms. The number of rotatable bonds is 6. The van der Waals surface area contributed by atoms with Crippen molar-refractivity contribution in [2.24, 2.45) is 0 Å². The minimum Gasteiger partial charge on any atom is -0.382 e. The Hall–Kier alpha value is -4.22. The predicted octanol–water partition coefficient (Wildman–Crippen LogP) is 5.11. The van der Waals surface area contributed by atoms with Gasteiger partial charge in [0.05, 0.1) is 11.9 Å². The van der Waals surface area contributed by atoms with Gasteiger partial charge in [0.2, 0.25) is 0 Å². The quantitative estimate of drug-likeness (QED) is 0.239. The average molecular weight is 636 g/mol. The van der Waals surface area contributed by atoms with E-state index in [0.717, 1.165) is 28.4 Å². The Morgan fingerprint density at radius 2 is 1.49 bits per heavy atom. The molecule has 0 saturated carbocycles. The molecule has 3 heterocycles. The van der Waals surface area contributed by atoms with Crippen LogP contribution in [0.25, 0.3) is 17.1 Å². The van der Waals surface area contributed by atoms with Gasteiger partial charge in [0.1, 0.15) is 0 Å². The van der Waals surface area contributed by atoms with Crippen molar-refractivity contribution in [3.05, 3.63) is 128 Å². The zero-order valence-electron chi connectivity index (χ0n) is 18.3. The smallest absolute Gasteiger partial charge is 0.178 e. The van der Waals surface area contributed by atoms with Crippen LogP contribution < -0.4 is 4.90 Å². The molecule has 0 unspecified atom stereocenters. The molecule has 0 fully saturated rings. The topological polar surface area (TPSA) is 56.7 Å². The largest absolute Gasteiger partial charge is 0.382 e. The second kappa shape index (κ2) is 9.95. The number of benzene rings is 3. The molecule has 0 saturated heterocycles. The SMILES string of the molecule is [Pt].[c-]1ccccc1-n1[c-]c(N(c2ccn(-c3ccccc3)c2)c2cnn(-c3[c-]cccc3)n2)cn1. The van der Waals surface area contributed by atoms with Gasteiger partial charge in [-0.05, 0) is 35.8 Å². The van der Waals surface area contributed by atoms with E-state index in [4.69, 9.17) is 5.10 Å². The van der Waals surface area contributed by atoms with Crippen molar-refractivity contribution in [3.8, 4) is 17.1 Å². The summed E-state index contributed by atoms with van der Waals surface area (Å²) in [6.45, 7) is 0. The van der Waals surface area contributed by atoms with Crippen molar-refractivity contribution in [2.75, 3.05) is 4.90 Å². The molecule has 0 aliphatic carbocycles. The third-order valence-corrected chi connectivity index (χ3v) is 5.28. The molecule has 0 N–H and O–H groups in total. The number of hydrogen-bond donors (Lipinski definition) is 0. The Labute approximate surface area is 217 Å². The Morgan fingerprint density at radius 3 is 2.23 bits per heavy atom. The molecule has 0 amide bonds. The Morgan fingerprint density at radius 1 is 0.743 bits per heavy atom. The van der Waals surface area contributed by atoms with Gasteiger partial charge in [0, 0.05) is 39.1 Å². The van der Waals surface area contributed by atoms with Crippen LogP contribution in [0.15, 0.2) is 110 Å². The Balaban J connectivity index is 0.00000253. The second-order valence-electron chi connectivity index (χ2n) is 7.49. The van der Waals surface area contributed by atoms with E-state index in [1.54, 1.807) is 21.9 Å². The molecule has 7 nitrogen and oxygen atoms in total. The van der Waals surface area contributed by atoms with Crippen LogP contribution in [-0.4, -0.2) is 29.3 Å². The van der Waals surface area contributed by atoms with Crippen LogP contribution in [0.2, 0.25) is 0 Å². The first-order chi connectivity index (χ1) is 16.8. The summed E-state index contributed by atoms with van der Waals surface area (Å²) in [6.07, 6.45) is 10.9. The third kappa shape index (κ3) is 4.59. The second-order valence-corrected chi connectivity index (χ2v) is 7.49. The number of para-hydroxylation sites is 3. The molecule has 6 rings (SSSR count). The molecule has 0 bridgehead atoms. The number of hydrogen-bond acceptors (Lipinski definition) is 4. The van der Waals surface area contributed by atoms with Crippen LogP contribution in [0.3, 0.4) is 0 Å². The monoisotopic (exact) mass is 635 g/mol. The maximum absolute atomic E-state index is 4.72. The van der Waals surface area contributed by atoms with Gasteiger partial charge in [0.15, 0.2) is 5.82 Å². The van der Waals surface area contributed by atoms with Crippen molar-refractivity contribution in [2.45, 2.75) is 0 Å². The fraction of sp³-hybridized carbons (Fsp3) is 0. The molecule has 3 aromatic carbocycles. The van der Waals surface area contributed by atoms with Crippen LogP contribution in [0.1, 0.15) is 0 Å². The molecular weight excluding hydrogens is 617 g/mol. The minimum absolute atomic E-state index is 0. The van der Waals surface area contributed by atoms with Gasteiger partial charge in [0.25, 0.3) is 0 Å². The predicted molar refractivity (Wildman–Crippen MR) is 129 cm³/mol. The minimum atomic E-state index is 0. The van der Waals surface area contributed by atoms with E-state index in [0.29, 0.717) is 5.82 Å². The van der Waals surface area contributed by atoms with Crippen molar-refractivity contribution in [1.82, 2.24) is 29.3 Å². The number of aromatic nitrogens is 6. The molecular formula is C27H18N7Pt-3. The van der Waals surface area contributed by atoms with Crippen molar-refractivity contribution in [3.63, 3.8) is 0 Å². The van der Waals surface area contributed by atoms with Crippen LogP contribution in [0, 0.1) is 18.3 Å². The molecule has 0 spiro atoms. The maximum Gasteiger partial charge on any atom is 0.178 e. The molecule has 3 aromatic heterocycles. The van der Waals surface area contributed by atoms with Gasteiger partial charge < -0.3 is 14.1 Å². The van der Waals surface area contributed by atoms with Gasteiger partial charge in [-0.15, -0.1) is 11.2 Å². The molecule has 6 aromatic rings. The summed E-state index contributed by atoms with van der Waals surface area (Å²) in [6, 6.07) is 33.8. The Bertz CT molecular complexity index is 1320. The molecule has 0 atom stereocenters. The van der Waals surface area contributed by atoms with E-state index in [1.807, 2.05) is 90.1 Å². The summed E-state index contributed by atoms with van der Waals surface area (Å²) in [5.74, 6) is 0.635. The van der Waals surface area contributed by atoms with E-state index in [9.17, 15) is 0 Å². The zero-order valence-corrected chi connectivity index (χ0v) is 20.6. The van der Waals surface area contributed by atoms with Crippen LogP contribution in [0.4, 0.5) is 17.2 Å². The summed E-state index contributed by atoms with van der Waals surface area (Å²) in [5, 5.41) is 13.7. The van der Waals surface area contributed by atoms with E-state index in [2.05, 4.69) is 45.2 Å². The summed E-state index contributed by atoms with van der Waals surface area (Å²) in [4.78, 5) is 3.53. The number of anilines is 3. The summed E-state index contributed by atoms with van der Waals surface area (Å²) in [5.41, 5.74) is 4.26. The van der Waals surface area contributed by atoms with Crippen LogP contribution in [0.5, 0.6) is 0 Å². The average Bonchev–Trinajstić information content (AvgIpc) is 3.68. The fourth-order valence-electron chi connectivity index (χ4n) is 3.68. The first kappa shape index (κ1) is 22.6. The van der Waals surface area contributed by atoms with E-state index < -0.39 is 0 Å². The summed E-state index contributed by atoms with van der Waals surface area (Å²) >= 11 is 0. The first-order valence-electron chi connectivity index (χ1n) is 10.7. The molecule has 0 radical (unpaired) electrons. The van der Waals surface area contributed by atoms with Gasteiger partial charge in [-0.2, -0.15) is 58.0 Å². The van der Waals surface area contributed by atoms with Gasteiger partial charge in [-0.25, -0.2) is 12.1 Å². The molecule has 0 aliphatic rings. The van der Waals surface area contributed by atoms with Gasteiger partial charge in [-0.1, -0.05) is 24.4 Å². The standard InChI is InChI=1S/C27H18N7.Pt/c1-4-10-22(11-5-1)31-17-16-25(20-31)33(26-18-28-32(21-26)23-12-6-2-7-13-23)27-19-29-34(30-27)24-14-8-3-9-15-24;/h1-12,14,16-20H;/q-3;. The molecule has 8 heteroatoms. The zero-order chi connectivity index (χ0) is 22.7. The van der Waals surface area contributed by atoms with E-state index >= 15 is 0 Å². The number of nitrogens with zero attached hydrogens (tertiary/aromatic N) is 7. The first-order valence-corrected chi connectivity index (χ1v) is 10.7. The molecule has 0 aliphatic heterocycles. The third-order valence-electron chi connectivity index (χ3n) is 5.28. The maximum atomic E-state index is 4.72. The van der Waals surface area contributed by atoms with E-state index in [-0.39, 0.29) is 21.1 Å². The van der Waals surface area contributed by atoms with Crippen molar-refractivity contribution >= 4 is 17.2 Å². The van der Waals surface area contributed by atoms with Gasteiger partial charge in [-0.3, -0.25) is 5.10 Å². The van der Waals surface area contributed by atoms with Crippen molar-refractivity contribution in [1.29, 1.82) is 0 Å². The Kier molecular flexibility index (Phi) is 6.42.